The smallest absolute Gasteiger partial charge is 0.355 e. The molecule has 0 radical (unpaired) electrons. The molecule has 0 amide bonds. The molecule has 0 atom stereocenters. The Labute approximate surface area is 93.6 Å². The second-order valence-corrected chi connectivity index (χ2v) is 5.15. The maximum Gasteiger partial charge on any atom is 0.355 e. The van der Waals surface area contributed by atoms with Crippen molar-refractivity contribution in [1.82, 2.24) is 0 Å². The van der Waals surface area contributed by atoms with E-state index in [1.165, 1.54) is 18.2 Å². The fourth-order valence-corrected chi connectivity index (χ4v) is 1.86. The van der Waals surface area contributed by atoms with Crippen LogP contribution in [-0.4, -0.2) is 14.2 Å². The van der Waals surface area contributed by atoms with E-state index in [1.54, 1.807) is 4.72 Å². The van der Waals surface area contributed by atoms with Gasteiger partial charge in [-0.3, -0.25) is 4.72 Å². The minimum atomic E-state index is -4.66. The van der Waals surface area contributed by atoms with Gasteiger partial charge in [-0.25, -0.2) is 8.42 Å². The molecule has 0 unspecified atom stereocenters. The second kappa shape index (κ2) is 4.31. The van der Waals surface area contributed by atoms with Crippen LogP contribution in [0.25, 0.3) is 0 Å². The van der Waals surface area contributed by atoms with Crippen molar-refractivity contribution in [3.05, 3.63) is 22.7 Å². The number of sulfonamides is 1. The average Bonchev–Trinajstić information content (AvgIpc) is 2.10. The van der Waals surface area contributed by atoms with Crippen molar-refractivity contribution in [3.8, 4) is 0 Å². The van der Waals surface area contributed by atoms with Crippen LogP contribution in [0.3, 0.4) is 0 Å². The second-order valence-electron chi connectivity index (χ2n) is 2.65. The summed E-state index contributed by atoms with van der Waals surface area (Å²) in [6.45, 7) is 0. The molecular weight excluding hydrogens is 294 g/mol. The van der Waals surface area contributed by atoms with E-state index in [9.17, 15) is 17.2 Å². The third kappa shape index (κ3) is 3.03. The third-order valence-corrected chi connectivity index (χ3v) is 3.14. The Morgan fingerprint density at radius 2 is 2.00 bits per heavy atom. The molecule has 1 rings (SSSR count). The van der Waals surface area contributed by atoms with Crippen molar-refractivity contribution < 1.29 is 17.2 Å². The molecule has 15 heavy (non-hydrogen) atoms. The predicted octanol–water partition coefficient (Wildman–Crippen LogP) is 2.00. The summed E-state index contributed by atoms with van der Waals surface area (Å²) in [4.78, 5) is 0. The molecule has 8 heteroatoms. The van der Waals surface area contributed by atoms with Gasteiger partial charge < -0.3 is 5.73 Å². The zero-order chi connectivity index (χ0) is 11.6. The molecule has 0 aliphatic carbocycles. The van der Waals surface area contributed by atoms with Crippen molar-refractivity contribution in [3.63, 3.8) is 0 Å². The number of alkyl halides is 2. The minimum absolute atomic E-state index is 0.0182. The lowest BCUT2D eigenvalue weighted by Gasteiger charge is -2.09. The highest BCUT2D eigenvalue weighted by molar-refractivity contribution is 9.10. The maximum absolute atomic E-state index is 12.0. The molecule has 0 saturated carbocycles. The Balaban J connectivity index is 3.05. The fourth-order valence-electron chi connectivity index (χ4n) is 0.819. The Bertz CT molecular complexity index is 464. The van der Waals surface area contributed by atoms with Gasteiger partial charge in [0.1, 0.15) is 0 Å². The van der Waals surface area contributed by atoms with E-state index in [4.69, 9.17) is 5.73 Å². The monoisotopic (exact) mass is 300 g/mol. The number of benzene rings is 1. The summed E-state index contributed by atoms with van der Waals surface area (Å²) < 4.78 is 47.8. The van der Waals surface area contributed by atoms with Gasteiger partial charge in [0.2, 0.25) is 0 Å². The molecule has 0 bridgehead atoms. The van der Waals surface area contributed by atoms with Crippen molar-refractivity contribution in [2.24, 2.45) is 0 Å². The normalized spacial score (nSPS) is 11.7. The highest BCUT2D eigenvalue weighted by Gasteiger charge is 2.24. The maximum atomic E-state index is 12.0. The van der Waals surface area contributed by atoms with Gasteiger partial charge in [0, 0.05) is 10.2 Å². The first-order valence-corrected chi connectivity index (χ1v) is 6.01. The van der Waals surface area contributed by atoms with E-state index in [2.05, 4.69) is 15.9 Å². The van der Waals surface area contributed by atoms with E-state index >= 15 is 0 Å². The van der Waals surface area contributed by atoms with Gasteiger partial charge in [-0.15, -0.1) is 0 Å². The average molecular weight is 301 g/mol. The summed E-state index contributed by atoms with van der Waals surface area (Å²) in [5.74, 6) is -3.48. The van der Waals surface area contributed by atoms with Gasteiger partial charge in [0.25, 0.3) is 10.0 Å². The first-order valence-electron chi connectivity index (χ1n) is 3.68. The van der Waals surface area contributed by atoms with Crippen LogP contribution in [0.2, 0.25) is 0 Å². The van der Waals surface area contributed by atoms with Gasteiger partial charge >= 0.3 is 5.76 Å². The number of hydrogen-bond acceptors (Lipinski definition) is 3. The van der Waals surface area contributed by atoms with E-state index < -0.39 is 15.8 Å². The van der Waals surface area contributed by atoms with E-state index in [0.29, 0.717) is 4.47 Å². The molecule has 0 fully saturated rings. The SMILES string of the molecule is Nc1ccc(Br)c(NS(=O)(=O)C(F)F)c1. The fraction of sp³-hybridized carbons (Fsp3) is 0.143. The first-order chi connectivity index (χ1) is 6.83. The lowest BCUT2D eigenvalue weighted by Crippen LogP contribution is -2.20. The number of anilines is 2. The number of halogens is 3. The van der Waals surface area contributed by atoms with E-state index in [1.807, 2.05) is 0 Å². The lowest BCUT2D eigenvalue weighted by atomic mass is 10.3. The number of nitrogens with two attached hydrogens (primary N) is 1. The topological polar surface area (TPSA) is 72.2 Å². The Morgan fingerprint density at radius 3 is 2.53 bits per heavy atom. The molecule has 0 saturated heterocycles. The number of rotatable bonds is 3. The highest BCUT2D eigenvalue weighted by Crippen LogP contribution is 2.26. The molecule has 1 aromatic rings. The molecule has 1 aromatic carbocycles. The molecule has 3 N–H and O–H groups in total. The largest absolute Gasteiger partial charge is 0.399 e. The lowest BCUT2D eigenvalue weighted by molar-refractivity contribution is 0.236. The van der Waals surface area contributed by atoms with Crippen LogP contribution in [0.15, 0.2) is 22.7 Å². The summed E-state index contributed by atoms with van der Waals surface area (Å²) >= 11 is 3.00. The standard InChI is InChI=1S/C7H7BrF2N2O2S/c8-5-2-1-4(11)3-6(5)12-15(13,14)7(9)10/h1-3,7,12H,11H2. The van der Waals surface area contributed by atoms with Gasteiger partial charge in [-0.05, 0) is 34.1 Å². The van der Waals surface area contributed by atoms with Crippen molar-refractivity contribution in [2.75, 3.05) is 10.5 Å². The zero-order valence-corrected chi connectivity index (χ0v) is 9.65. The Kier molecular flexibility index (Phi) is 3.50. The van der Waals surface area contributed by atoms with Gasteiger partial charge in [0.05, 0.1) is 5.69 Å². The van der Waals surface area contributed by atoms with E-state index in [0.717, 1.165) is 0 Å². The van der Waals surface area contributed by atoms with Crippen LogP contribution in [0, 0.1) is 0 Å². The molecule has 84 valence electrons. The summed E-state index contributed by atoms with van der Waals surface area (Å²) in [6, 6.07) is 4.20. The van der Waals surface area contributed by atoms with Gasteiger partial charge in [-0.2, -0.15) is 8.78 Å². The van der Waals surface area contributed by atoms with Crippen molar-refractivity contribution in [1.29, 1.82) is 0 Å². The van der Waals surface area contributed by atoms with Crippen LogP contribution < -0.4 is 10.5 Å². The van der Waals surface area contributed by atoms with E-state index in [-0.39, 0.29) is 11.4 Å². The molecule has 0 heterocycles. The zero-order valence-electron chi connectivity index (χ0n) is 7.25. The van der Waals surface area contributed by atoms with Crippen LogP contribution >= 0.6 is 15.9 Å². The summed E-state index contributed by atoms with van der Waals surface area (Å²) in [5, 5.41) is 0. The van der Waals surface area contributed by atoms with Crippen molar-refractivity contribution in [2.45, 2.75) is 5.76 Å². The predicted molar refractivity (Wildman–Crippen MR) is 57.1 cm³/mol. The summed E-state index contributed by atoms with van der Waals surface area (Å²) in [7, 11) is -4.66. The first kappa shape index (κ1) is 12.2. The number of nitrogens with one attached hydrogen (secondary N) is 1. The number of nitrogen functional groups attached to an aromatic ring is 1. The van der Waals surface area contributed by atoms with Crippen molar-refractivity contribution >= 4 is 37.3 Å². The third-order valence-electron chi connectivity index (χ3n) is 1.48. The molecular formula is C7H7BrF2N2O2S. The quantitative estimate of drug-likeness (QED) is 0.839. The summed E-state index contributed by atoms with van der Waals surface area (Å²) in [5.41, 5.74) is 5.63. The van der Waals surface area contributed by atoms with Crippen LogP contribution in [-0.2, 0) is 10.0 Å². The molecule has 0 spiro atoms. The van der Waals surface area contributed by atoms with Crippen LogP contribution in [0.5, 0.6) is 0 Å². The molecule has 0 aliphatic rings. The number of hydrogen-bond donors (Lipinski definition) is 2. The van der Waals surface area contributed by atoms with Crippen LogP contribution in [0.4, 0.5) is 20.2 Å². The minimum Gasteiger partial charge on any atom is -0.399 e. The van der Waals surface area contributed by atoms with Crippen LogP contribution in [0.1, 0.15) is 0 Å². The highest BCUT2D eigenvalue weighted by atomic mass is 79.9. The molecule has 4 nitrogen and oxygen atoms in total. The van der Waals surface area contributed by atoms with Gasteiger partial charge in [-0.1, -0.05) is 0 Å². The molecule has 0 aliphatic heterocycles. The Morgan fingerprint density at radius 1 is 1.40 bits per heavy atom. The summed E-state index contributed by atoms with van der Waals surface area (Å²) in [6.07, 6.45) is 0. The Hall–Kier alpha value is -0.890. The molecule has 0 aromatic heterocycles. The van der Waals surface area contributed by atoms with Gasteiger partial charge in [0.15, 0.2) is 0 Å².